The van der Waals surface area contributed by atoms with Crippen LogP contribution in [0.3, 0.4) is 0 Å². The summed E-state index contributed by atoms with van der Waals surface area (Å²) in [7, 11) is 1.42. The molecule has 2 aliphatic rings. The van der Waals surface area contributed by atoms with Crippen molar-refractivity contribution in [2.75, 3.05) is 38.7 Å². The second-order valence-corrected chi connectivity index (χ2v) is 10.0. The van der Waals surface area contributed by atoms with E-state index >= 15 is 0 Å². The average Bonchev–Trinajstić information content (AvgIpc) is 3.37. The first-order chi connectivity index (χ1) is 18.4. The number of carbonyl (C=O) groups excluding carboxylic acids is 2. The van der Waals surface area contributed by atoms with Crippen molar-refractivity contribution in [2.45, 2.75) is 57.6 Å². The number of hydrogen-bond acceptors (Lipinski definition) is 7. The summed E-state index contributed by atoms with van der Waals surface area (Å²) in [4.78, 5) is 24.5. The van der Waals surface area contributed by atoms with E-state index in [2.05, 4.69) is 16.0 Å². The molecule has 2 aliphatic heterocycles. The lowest BCUT2D eigenvalue weighted by molar-refractivity contribution is -0.116. The Labute approximate surface area is 228 Å². The summed E-state index contributed by atoms with van der Waals surface area (Å²) in [5, 5.41) is 20.0. The minimum absolute atomic E-state index is 0.0454. The maximum Gasteiger partial charge on any atom is 0.258 e. The van der Waals surface area contributed by atoms with Crippen LogP contribution in [0.2, 0.25) is 5.02 Å². The molecule has 0 bridgehead atoms. The number of benzene rings is 2. The molecule has 38 heavy (non-hydrogen) atoms. The van der Waals surface area contributed by atoms with Crippen molar-refractivity contribution in [3.8, 4) is 17.2 Å². The first kappa shape index (κ1) is 28.0. The summed E-state index contributed by atoms with van der Waals surface area (Å²) in [6.45, 7) is 4.19. The van der Waals surface area contributed by atoms with Crippen LogP contribution in [0, 0.1) is 0 Å². The van der Waals surface area contributed by atoms with Gasteiger partial charge in [-0.05, 0) is 55.4 Å². The van der Waals surface area contributed by atoms with E-state index in [-0.39, 0.29) is 35.1 Å². The lowest BCUT2D eigenvalue weighted by Gasteiger charge is -2.18. The van der Waals surface area contributed by atoms with Gasteiger partial charge in [0.2, 0.25) is 5.91 Å². The number of carbonyl (C=O) groups is 2. The third-order valence-corrected chi connectivity index (χ3v) is 7.21. The van der Waals surface area contributed by atoms with Crippen molar-refractivity contribution in [3.05, 3.63) is 46.0 Å². The van der Waals surface area contributed by atoms with E-state index in [4.69, 9.17) is 25.8 Å². The molecule has 2 aromatic rings. The van der Waals surface area contributed by atoms with Crippen LogP contribution in [0.4, 0.5) is 5.69 Å². The predicted molar refractivity (Wildman–Crippen MR) is 146 cm³/mol. The first-order valence-corrected chi connectivity index (χ1v) is 13.5. The van der Waals surface area contributed by atoms with Crippen molar-refractivity contribution in [3.63, 3.8) is 0 Å². The largest absolute Gasteiger partial charge is 0.507 e. The van der Waals surface area contributed by atoms with E-state index in [1.807, 2.05) is 25.1 Å². The van der Waals surface area contributed by atoms with Gasteiger partial charge in [-0.15, -0.1) is 0 Å². The maximum atomic E-state index is 12.9. The Kier molecular flexibility index (Phi) is 9.71. The molecule has 0 saturated carbocycles. The van der Waals surface area contributed by atoms with E-state index < -0.39 is 5.91 Å². The summed E-state index contributed by atoms with van der Waals surface area (Å²) < 4.78 is 17.1. The minimum atomic E-state index is -0.427. The number of aryl methyl sites for hydroxylation is 2. The molecule has 0 unspecified atom stereocenters. The Bertz CT molecular complexity index is 1160. The van der Waals surface area contributed by atoms with E-state index in [1.54, 1.807) is 6.07 Å². The molecular formula is C28H36ClN3O6. The van der Waals surface area contributed by atoms with Crippen molar-refractivity contribution in [1.29, 1.82) is 0 Å². The molecule has 2 amide bonds. The molecule has 2 heterocycles. The highest BCUT2D eigenvalue weighted by Crippen LogP contribution is 2.38. The van der Waals surface area contributed by atoms with Crippen LogP contribution in [-0.4, -0.2) is 62.5 Å². The molecule has 2 aromatic carbocycles. The average molecular weight is 546 g/mol. The zero-order valence-corrected chi connectivity index (χ0v) is 22.7. The molecule has 4 rings (SSSR count). The van der Waals surface area contributed by atoms with E-state index in [9.17, 15) is 14.7 Å². The number of methoxy groups -OCH3 is 1. The molecular weight excluding hydrogens is 510 g/mol. The first-order valence-electron chi connectivity index (χ1n) is 13.2. The molecule has 2 atom stereocenters. The molecule has 1 saturated heterocycles. The molecule has 1 fully saturated rings. The van der Waals surface area contributed by atoms with Crippen molar-refractivity contribution in [2.24, 2.45) is 0 Å². The third kappa shape index (κ3) is 6.89. The van der Waals surface area contributed by atoms with Gasteiger partial charge in [0, 0.05) is 43.9 Å². The van der Waals surface area contributed by atoms with Gasteiger partial charge in [0.15, 0.2) is 5.75 Å². The predicted octanol–water partition coefficient (Wildman–Crippen LogP) is 3.84. The molecule has 0 aromatic heterocycles. The fraction of sp³-hybridized carbons (Fsp3) is 0.500. The van der Waals surface area contributed by atoms with Gasteiger partial charge in [-0.25, -0.2) is 0 Å². The van der Waals surface area contributed by atoms with Crippen LogP contribution < -0.4 is 25.4 Å². The van der Waals surface area contributed by atoms with Gasteiger partial charge in [-0.3, -0.25) is 9.59 Å². The summed E-state index contributed by atoms with van der Waals surface area (Å²) in [6, 6.07) is 7.53. The van der Waals surface area contributed by atoms with Crippen LogP contribution >= 0.6 is 11.6 Å². The maximum absolute atomic E-state index is 12.9. The highest BCUT2D eigenvalue weighted by Gasteiger charge is 2.27. The third-order valence-electron chi connectivity index (χ3n) is 6.93. The highest BCUT2D eigenvalue weighted by molar-refractivity contribution is 6.33. The van der Waals surface area contributed by atoms with E-state index in [1.165, 1.54) is 7.11 Å². The highest BCUT2D eigenvalue weighted by atomic mass is 35.5. The number of fused-ring (bicyclic) bond motifs is 1. The number of ether oxygens (including phenoxy) is 3. The molecule has 4 N–H and O–H groups in total. The Morgan fingerprint density at radius 3 is 2.82 bits per heavy atom. The number of phenolic OH excluding ortho intramolecular Hbond substituents is 1. The fourth-order valence-electron chi connectivity index (χ4n) is 4.81. The second-order valence-electron chi connectivity index (χ2n) is 9.59. The number of aromatic hydroxyl groups is 1. The summed E-state index contributed by atoms with van der Waals surface area (Å²) in [5.41, 5.74) is 2.64. The zero-order valence-electron chi connectivity index (χ0n) is 21.9. The Morgan fingerprint density at radius 2 is 2.03 bits per heavy atom. The van der Waals surface area contributed by atoms with Gasteiger partial charge in [0.1, 0.15) is 17.1 Å². The summed E-state index contributed by atoms with van der Waals surface area (Å²) >= 11 is 6.25. The van der Waals surface area contributed by atoms with Gasteiger partial charge in [0.05, 0.1) is 24.8 Å². The van der Waals surface area contributed by atoms with Crippen molar-refractivity contribution >= 4 is 29.1 Å². The molecule has 0 spiro atoms. The Morgan fingerprint density at radius 1 is 1.21 bits per heavy atom. The van der Waals surface area contributed by atoms with Gasteiger partial charge < -0.3 is 35.3 Å². The van der Waals surface area contributed by atoms with Crippen LogP contribution in [0.1, 0.15) is 54.1 Å². The molecule has 0 radical (unpaired) electrons. The van der Waals surface area contributed by atoms with Crippen LogP contribution in [0.15, 0.2) is 24.3 Å². The second kappa shape index (κ2) is 13.2. The molecule has 0 aliphatic carbocycles. The smallest absolute Gasteiger partial charge is 0.258 e. The van der Waals surface area contributed by atoms with Gasteiger partial charge in [0.25, 0.3) is 5.91 Å². The van der Waals surface area contributed by atoms with Crippen LogP contribution in [-0.2, 0) is 22.4 Å². The normalized spacial score (nSPS) is 18.6. The Balaban J connectivity index is 1.14. The van der Waals surface area contributed by atoms with E-state index in [0.717, 1.165) is 42.7 Å². The quantitative estimate of drug-likeness (QED) is 0.299. The van der Waals surface area contributed by atoms with Gasteiger partial charge in [-0.1, -0.05) is 24.6 Å². The lowest BCUT2D eigenvalue weighted by Crippen LogP contribution is -2.37. The van der Waals surface area contributed by atoms with Crippen LogP contribution in [0.5, 0.6) is 17.2 Å². The number of halogens is 1. The molecule has 9 nitrogen and oxygen atoms in total. The van der Waals surface area contributed by atoms with E-state index in [0.29, 0.717) is 49.7 Å². The fourth-order valence-corrected chi connectivity index (χ4v) is 5.11. The molecule has 206 valence electrons. The summed E-state index contributed by atoms with van der Waals surface area (Å²) in [5.74, 6) is 0.440. The zero-order chi connectivity index (χ0) is 27.1. The van der Waals surface area contributed by atoms with Gasteiger partial charge >= 0.3 is 0 Å². The number of unbranched alkanes of at least 4 members (excludes halogenated alkanes) is 1. The number of amides is 2. The number of nitrogens with one attached hydrogen (secondary N) is 3. The molecule has 10 heteroatoms. The lowest BCUT2D eigenvalue weighted by atomic mass is 10.0. The van der Waals surface area contributed by atoms with Gasteiger partial charge in [-0.2, -0.15) is 0 Å². The summed E-state index contributed by atoms with van der Waals surface area (Å²) in [6.07, 6.45) is 4.41. The van der Waals surface area contributed by atoms with Crippen LogP contribution in [0.25, 0.3) is 0 Å². The number of hydrogen-bond donors (Lipinski definition) is 4. The number of phenols is 1. The number of rotatable bonds is 12. The standard InChI is InChI=1S/C28H36ClN3O6/c1-3-17-12-22(29)27(36-2)25(26(17)34)28(35)31-15-19-13-21(16-30-19)38-11-5-4-10-37-20-8-6-18-7-9-24(33)32-23(18)14-20/h6,8,12,14,19,21,30,34H,3-5,7,9-11,13,15-16H2,1-2H3,(H,31,35)(H,32,33)/t19-,21+/m0/s1. The SMILES string of the molecule is CCc1cc(Cl)c(OC)c(C(=O)NC[C@@H]2C[C@@H](OCCCCOc3ccc4c(c3)NC(=O)CC4)CN2)c1O. The Hall–Kier alpha value is -3.01. The van der Waals surface area contributed by atoms with Crippen molar-refractivity contribution in [1.82, 2.24) is 10.6 Å². The monoisotopic (exact) mass is 545 g/mol. The number of anilines is 1. The topological polar surface area (TPSA) is 118 Å². The van der Waals surface area contributed by atoms with Crippen molar-refractivity contribution < 1.29 is 28.9 Å². The minimum Gasteiger partial charge on any atom is -0.507 e.